The standard InChI is InChI=1S/C13H18FNO3S/c1-5-15-12(16)11-9(14)7-6-8-10(11)19(17,18)13(2,3)4/h6-8H,5H2,1-4H3,(H,15,16). The maximum atomic E-state index is 13.8. The van der Waals surface area contributed by atoms with Gasteiger partial charge < -0.3 is 5.32 Å². The number of carbonyl (C=O) groups is 1. The van der Waals surface area contributed by atoms with E-state index in [0.29, 0.717) is 6.54 Å². The minimum Gasteiger partial charge on any atom is -0.352 e. The van der Waals surface area contributed by atoms with E-state index in [0.717, 1.165) is 6.07 Å². The zero-order valence-corrected chi connectivity index (χ0v) is 12.3. The van der Waals surface area contributed by atoms with Crippen LogP contribution in [0.1, 0.15) is 38.1 Å². The monoisotopic (exact) mass is 287 g/mol. The highest BCUT2D eigenvalue weighted by Gasteiger charge is 2.35. The second kappa shape index (κ2) is 5.28. The molecule has 1 amide bonds. The highest BCUT2D eigenvalue weighted by Crippen LogP contribution is 2.28. The van der Waals surface area contributed by atoms with Gasteiger partial charge in [-0.3, -0.25) is 4.79 Å². The van der Waals surface area contributed by atoms with Crippen molar-refractivity contribution in [3.05, 3.63) is 29.6 Å². The Morgan fingerprint density at radius 1 is 1.32 bits per heavy atom. The summed E-state index contributed by atoms with van der Waals surface area (Å²) in [6.07, 6.45) is 0. The maximum absolute atomic E-state index is 13.8. The first-order valence-electron chi connectivity index (χ1n) is 5.94. The molecule has 1 rings (SSSR count). The van der Waals surface area contributed by atoms with Crippen LogP contribution in [0.3, 0.4) is 0 Å². The van der Waals surface area contributed by atoms with Crippen LogP contribution in [0.4, 0.5) is 4.39 Å². The molecular weight excluding hydrogens is 269 g/mol. The average molecular weight is 287 g/mol. The molecule has 6 heteroatoms. The van der Waals surface area contributed by atoms with Gasteiger partial charge in [-0.25, -0.2) is 12.8 Å². The molecule has 1 aromatic rings. The Bertz CT molecular complexity index is 588. The molecule has 0 bridgehead atoms. The summed E-state index contributed by atoms with van der Waals surface area (Å²) in [7, 11) is -3.79. The molecule has 0 aliphatic carbocycles. The molecule has 0 fully saturated rings. The van der Waals surface area contributed by atoms with Gasteiger partial charge in [0.2, 0.25) is 0 Å². The normalized spacial score (nSPS) is 12.3. The summed E-state index contributed by atoms with van der Waals surface area (Å²) in [5, 5.41) is 2.42. The van der Waals surface area contributed by atoms with Gasteiger partial charge in [0.15, 0.2) is 9.84 Å². The van der Waals surface area contributed by atoms with Gasteiger partial charge in [0.25, 0.3) is 5.91 Å². The fraction of sp³-hybridized carbons (Fsp3) is 0.462. The third kappa shape index (κ3) is 2.94. The molecule has 1 N–H and O–H groups in total. The van der Waals surface area contributed by atoms with Crippen molar-refractivity contribution >= 4 is 15.7 Å². The van der Waals surface area contributed by atoms with Crippen molar-refractivity contribution < 1.29 is 17.6 Å². The van der Waals surface area contributed by atoms with Crippen molar-refractivity contribution in [2.75, 3.05) is 6.54 Å². The summed E-state index contributed by atoms with van der Waals surface area (Å²) in [5.74, 6) is -1.56. The third-order valence-electron chi connectivity index (χ3n) is 2.64. The first-order chi connectivity index (χ1) is 8.63. The molecule has 0 atom stereocenters. The summed E-state index contributed by atoms with van der Waals surface area (Å²) in [4.78, 5) is 11.6. The van der Waals surface area contributed by atoms with E-state index in [2.05, 4.69) is 5.32 Å². The van der Waals surface area contributed by atoms with Crippen LogP contribution in [-0.4, -0.2) is 25.6 Å². The van der Waals surface area contributed by atoms with Crippen molar-refractivity contribution in [2.45, 2.75) is 37.3 Å². The summed E-state index contributed by atoms with van der Waals surface area (Å²) in [6, 6.07) is 3.62. The van der Waals surface area contributed by atoms with Gasteiger partial charge in [-0.15, -0.1) is 0 Å². The van der Waals surface area contributed by atoms with Crippen molar-refractivity contribution in [3.8, 4) is 0 Å². The fourth-order valence-electron chi connectivity index (χ4n) is 1.53. The van der Waals surface area contributed by atoms with E-state index in [9.17, 15) is 17.6 Å². The van der Waals surface area contributed by atoms with Crippen molar-refractivity contribution in [1.29, 1.82) is 0 Å². The quantitative estimate of drug-likeness (QED) is 0.926. The number of halogens is 1. The SMILES string of the molecule is CCNC(=O)c1c(F)cccc1S(=O)(=O)C(C)(C)C. The summed E-state index contributed by atoms with van der Waals surface area (Å²) >= 11 is 0. The van der Waals surface area contributed by atoms with Gasteiger partial charge >= 0.3 is 0 Å². The van der Waals surface area contributed by atoms with Crippen LogP contribution >= 0.6 is 0 Å². The lowest BCUT2D eigenvalue weighted by atomic mass is 10.2. The molecule has 19 heavy (non-hydrogen) atoms. The summed E-state index contributed by atoms with van der Waals surface area (Å²) in [6.45, 7) is 6.50. The van der Waals surface area contributed by atoms with Gasteiger partial charge in [-0.1, -0.05) is 6.07 Å². The lowest BCUT2D eigenvalue weighted by molar-refractivity contribution is 0.0948. The average Bonchev–Trinajstić information content (AvgIpc) is 2.27. The predicted octanol–water partition coefficient (Wildman–Crippen LogP) is 2.15. The predicted molar refractivity (Wildman–Crippen MR) is 71.3 cm³/mol. The van der Waals surface area contributed by atoms with E-state index in [4.69, 9.17) is 0 Å². The molecule has 0 aliphatic rings. The fourth-order valence-corrected chi connectivity index (χ4v) is 2.90. The molecule has 106 valence electrons. The Balaban J connectivity index is 3.55. The van der Waals surface area contributed by atoms with E-state index in [1.807, 2.05) is 0 Å². The molecule has 0 heterocycles. The minimum absolute atomic E-state index is 0.272. The van der Waals surface area contributed by atoms with Crippen LogP contribution in [0.2, 0.25) is 0 Å². The van der Waals surface area contributed by atoms with Crippen LogP contribution < -0.4 is 5.32 Å². The second-order valence-electron chi connectivity index (χ2n) is 5.09. The van der Waals surface area contributed by atoms with Gasteiger partial charge in [0.1, 0.15) is 5.82 Å². The van der Waals surface area contributed by atoms with Gasteiger partial charge in [0, 0.05) is 6.54 Å². The Morgan fingerprint density at radius 3 is 2.37 bits per heavy atom. The molecular formula is C13H18FNO3S. The molecule has 0 unspecified atom stereocenters. The van der Waals surface area contributed by atoms with Crippen molar-refractivity contribution in [2.24, 2.45) is 0 Å². The van der Waals surface area contributed by atoms with Crippen LogP contribution in [0.5, 0.6) is 0 Å². The second-order valence-corrected chi connectivity index (χ2v) is 7.76. The number of hydrogen-bond acceptors (Lipinski definition) is 3. The molecule has 0 aromatic heterocycles. The number of amides is 1. The zero-order valence-electron chi connectivity index (χ0n) is 11.5. The Kier molecular flexibility index (Phi) is 4.35. The molecule has 0 spiro atoms. The summed E-state index contributed by atoms with van der Waals surface area (Å²) < 4.78 is 37.5. The van der Waals surface area contributed by atoms with Gasteiger partial charge in [0.05, 0.1) is 15.2 Å². The van der Waals surface area contributed by atoms with Crippen molar-refractivity contribution in [3.63, 3.8) is 0 Å². The lowest BCUT2D eigenvalue weighted by Gasteiger charge is -2.21. The summed E-state index contributed by atoms with van der Waals surface area (Å²) in [5.41, 5.74) is -0.417. The zero-order chi connectivity index (χ0) is 14.8. The molecule has 0 radical (unpaired) electrons. The molecule has 4 nitrogen and oxygen atoms in total. The van der Waals surface area contributed by atoms with E-state index in [1.165, 1.54) is 32.9 Å². The van der Waals surface area contributed by atoms with Crippen LogP contribution in [0, 0.1) is 5.82 Å². The van der Waals surface area contributed by atoms with E-state index in [-0.39, 0.29) is 4.90 Å². The Labute approximate surface area is 112 Å². The first-order valence-corrected chi connectivity index (χ1v) is 7.42. The topological polar surface area (TPSA) is 63.2 Å². The molecule has 0 saturated heterocycles. The Hall–Kier alpha value is -1.43. The maximum Gasteiger partial charge on any atom is 0.255 e. The third-order valence-corrected chi connectivity index (χ3v) is 5.17. The van der Waals surface area contributed by atoms with Crippen LogP contribution in [-0.2, 0) is 9.84 Å². The van der Waals surface area contributed by atoms with E-state index < -0.39 is 31.9 Å². The van der Waals surface area contributed by atoms with E-state index >= 15 is 0 Å². The molecule has 0 saturated carbocycles. The van der Waals surface area contributed by atoms with Crippen molar-refractivity contribution in [1.82, 2.24) is 5.32 Å². The highest BCUT2D eigenvalue weighted by molar-refractivity contribution is 7.92. The number of carbonyl (C=O) groups excluding carboxylic acids is 1. The number of rotatable bonds is 3. The van der Waals surface area contributed by atoms with Gasteiger partial charge in [-0.05, 0) is 39.8 Å². The number of sulfone groups is 1. The minimum atomic E-state index is -3.79. The lowest BCUT2D eigenvalue weighted by Crippen LogP contribution is -2.32. The van der Waals surface area contributed by atoms with E-state index in [1.54, 1.807) is 6.92 Å². The van der Waals surface area contributed by atoms with Crippen LogP contribution in [0.15, 0.2) is 23.1 Å². The molecule has 0 aliphatic heterocycles. The van der Waals surface area contributed by atoms with Crippen LogP contribution in [0.25, 0.3) is 0 Å². The number of benzene rings is 1. The molecule has 1 aromatic carbocycles. The van der Waals surface area contributed by atoms with Gasteiger partial charge in [-0.2, -0.15) is 0 Å². The smallest absolute Gasteiger partial charge is 0.255 e. The Morgan fingerprint density at radius 2 is 1.89 bits per heavy atom. The largest absolute Gasteiger partial charge is 0.352 e. The first kappa shape index (κ1) is 15.6. The highest BCUT2D eigenvalue weighted by atomic mass is 32.2. The number of hydrogen-bond donors (Lipinski definition) is 1. The number of nitrogens with one attached hydrogen (secondary N) is 1.